The number of aliphatic hydroxyl groups excluding tert-OH is 1. The van der Waals surface area contributed by atoms with Crippen molar-refractivity contribution in [3.05, 3.63) is 477 Å². The average molecular weight is 1940 g/mol. The lowest BCUT2D eigenvalue weighted by Gasteiger charge is -2.26. The van der Waals surface area contributed by atoms with E-state index in [1.165, 1.54) is 41.0 Å². The van der Waals surface area contributed by atoms with Crippen molar-refractivity contribution in [2.75, 3.05) is 20.3 Å². The molecule has 0 atom stereocenters. The SMILES string of the molecule is C=CB1OB(C=C)OB(C=C)O1.C=Cc1c(C)nc(-c2cccc(F)c2OCc2ccccc2)n(CCc2ccccc2)c1=O.COCCc1c(C)nc(-c2cccc(F)c2O)n(CCc2ccccc2)c1=O.Cc1nc(-c2cccc(F)c2OCc2ccccc2)n(CCc2ccccc2)c(=O)c1Br.Cc1nc(-c2cccc(F)c2OCc2ccccc2)n(CCc2ccccc2)c(=O)c1CCO. The summed E-state index contributed by atoms with van der Waals surface area (Å²) in [4.78, 5) is 71.7. The lowest BCUT2D eigenvalue weighted by molar-refractivity contribution is 0.201. The maximum atomic E-state index is 14.9. The summed E-state index contributed by atoms with van der Waals surface area (Å²) in [5, 5.41) is 19.7. The van der Waals surface area contributed by atoms with Gasteiger partial charge >= 0.3 is 21.4 Å². The van der Waals surface area contributed by atoms with Crippen LogP contribution in [0.25, 0.3) is 51.6 Å². The van der Waals surface area contributed by atoms with Crippen LogP contribution in [0.5, 0.6) is 23.0 Å². The van der Waals surface area contributed by atoms with Gasteiger partial charge in [-0.15, -0.1) is 19.7 Å². The second kappa shape index (κ2) is 52.0. The topological polar surface area (TPSA) is 245 Å². The molecule has 16 rings (SSSR count). The maximum absolute atomic E-state index is 14.9. The maximum Gasteiger partial charge on any atom is 0.458 e. The van der Waals surface area contributed by atoms with E-state index in [4.69, 9.17) is 37.6 Å². The zero-order valence-electron chi connectivity index (χ0n) is 78.0. The summed E-state index contributed by atoms with van der Waals surface area (Å²) in [6, 6.07) is 86.3. The van der Waals surface area contributed by atoms with Crippen LogP contribution in [0, 0.1) is 51.0 Å². The quantitative estimate of drug-likeness (QED) is 0.0281. The summed E-state index contributed by atoms with van der Waals surface area (Å²) < 4.78 is 104. The number of aryl methyl sites for hydroxylation is 8. The van der Waals surface area contributed by atoms with E-state index in [1.807, 2.05) is 212 Å². The molecule has 0 amide bonds. The van der Waals surface area contributed by atoms with Gasteiger partial charge in [0.25, 0.3) is 22.2 Å². The minimum absolute atomic E-state index is 0.0565. The number of ether oxygens (including phenoxy) is 4. The Balaban J connectivity index is 0.000000160. The molecule has 139 heavy (non-hydrogen) atoms. The molecule has 15 aromatic rings. The van der Waals surface area contributed by atoms with Crippen LogP contribution in [0.2, 0.25) is 0 Å². The summed E-state index contributed by atoms with van der Waals surface area (Å²) >= 11 is 3.36. The van der Waals surface area contributed by atoms with Gasteiger partial charge in [-0.1, -0.05) is 267 Å². The molecule has 1 saturated heterocycles. The van der Waals surface area contributed by atoms with Crippen molar-refractivity contribution in [2.45, 2.75) is 112 Å². The summed E-state index contributed by atoms with van der Waals surface area (Å²) in [6.07, 6.45) is 4.65. The molecule has 0 saturated carbocycles. The van der Waals surface area contributed by atoms with Crippen LogP contribution in [-0.2, 0) is 103 Å². The van der Waals surface area contributed by atoms with Crippen LogP contribution in [0.15, 0.2) is 353 Å². The van der Waals surface area contributed by atoms with Gasteiger partial charge in [0.1, 0.15) is 47.6 Å². The highest BCUT2D eigenvalue weighted by molar-refractivity contribution is 9.10. The smallest absolute Gasteiger partial charge is 0.458 e. The fourth-order valence-electron chi connectivity index (χ4n) is 15.2. The number of methoxy groups -OCH3 is 1. The first-order valence-electron chi connectivity index (χ1n) is 45.2. The third-order valence-electron chi connectivity index (χ3n) is 22.5. The van der Waals surface area contributed by atoms with E-state index < -0.39 is 50.4 Å². The molecule has 11 aromatic carbocycles. The Morgan fingerprint density at radius 3 is 0.950 bits per heavy atom. The summed E-state index contributed by atoms with van der Waals surface area (Å²) in [5.74, 6) is 3.46. The Morgan fingerprint density at radius 1 is 0.353 bits per heavy atom. The number of hydrogen-bond acceptors (Lipinski definition) is 17. The van der Waals surface area contributed by atoms with Crippen LogP contribution >= 0.6 is 15.9 Å². The first kappa shape index (κ1) is 103. The van der Waals surface area contributed by atoms with E-state index in [1.54, 1.807) is 109 Å². The van der Waals surface area contributed by atoms with Crippen LogP contribution in [0.1, 0.15) is 78.4 Å². The molecule has 1 fully saturated rings. The number of aliphatic hydroxyl groups is 1. The zero-order chi connectivity index (χ0) is 98.7. The van der Waals surface area contributed by atoms with Crippen molar-refractivity contribution in [3.8, 4) is 68.5 Å². The van der Waals surface area contributed by atoms with E-state index in [0.29, 0.717) is 143 Å². The second-order valence-corrected chi connectivity index (χ2v) is 32.8. The molecule has 1 aliphatic heterocycles. The molecule has 2 N–H and O–H groups in total. The van der Waals surface area contributed by atoms with Crippen LogP contribution in [0.3, 0.4) is 0 Å². The predicted molar refractivity (Wildman–Crippen MR) is 544 cm³/mol. The number of aromatic nitrogens is 8. The van der Waals surface area contributed by atoms with Gasteiger partial charge in [-0.2, -0.15) is 0 Å². The second-order valence-electron chi connectivity index (χ2n) is 32.0. The number of para-hydroxylation sites is 4. The lowest BCUT2D eigenvalue weighted by atomic mass is 9.70. The van der Waals surface area contributed by atoms with E-state index in [9.17, 15) is 47.0 Å². The Hall–Kier alpha value is -14.7. The van der Waals surface area contributed by atoms with Crippen molar-refractivity contribution in [3.63, 3.8) is 0 Å². The molecule has 21 nitrogen and oxygen atoms in total. The fourth-order valence-corrected chi connectivity index (χ4v) is 15.5. The Bertz CT molecular complexity index is 6890. The minimum atomic E-state index is -0.748. The largest absolute Gasteiger partial charge is 0.504 e. The van der Waals surface area contributed by atoms with Gasteiger partial charge in [-0.25, -0.2) is 37.5 Å². The number of benzene rings is 11. The summed E-state index contributed by atoms with van der Waals surface area (Å²) in [5.41, 5.74) is 11.4. The minimum Gasteiger partial charge on any atom is -0.504 e. The van der Waals surface area contributed by atoms with E-state index in [-0.39, 0.29) is 83.7 Å². The monoisotopic (exact) mass is 1930 g/mol. The van der Waals surface area contributed by atoms with E-state index in [0.717, 1.165) is 38.9 Å². The number of rotatable bonds is 34. The molecule has 0 bridgehead atoms. The Kier molecular flexibility index (Phi) is 38.6. The molecule has 29 heteroatoms. The average Bonchev–Trinajstić information content (AvgIpc) is 0.795. The van der Waals surface area contributed by atoms with Gasteiger partial charge < -0.3 is 42.9 Å². The van der Waals surface area contributed by atoms with E-state index in [2.05, 4.69) is 57.2 Å². The normalized spacial score (nSPS) is 11.4. The third kappa shape index (κ3) is 27.8. The molecule has 0 aliphatic carbocycles. The number of hydrogen-bond donors (Lipinski definition) is 2. The number of nitrogens with zero attached hydrogens (tertiary/aromatic N) is 8. The van der Waals surface area contributed by atoms with Gasteiger partial charge in [0.05, 0.1) is 45.8 Å². The number of aromatic hydroxyl groups is 1. The molecular weight excluding hydrogens is 1830 g/mol. The van der Waals surface area contributed by atoms with Gasteiger partial charge in [0.2, 0.25) is 0 Å². The van der Waals surface area contributed by atoms with Gasteiger partial charge in [-0.3, -0.25) is 37.4 Å². The first-order chi connectivity index (χ1) is 67.5. The molecule has 1 aliphatic rings. The highest BCUT2D eigenvalue weighted by Crippen LogP contribution is 2.37. The van der Waals surface area contributed by atoms with Crippen LogP contribution in [0.4, 0.5) is 17.6 Å². The number of halogens is 5. The van der Waals surface area contributed by atoms with Gasteiger partial charge in [0.15, 0.2) is 46.3 Å². The molecule has 5 heterocycles. The predicted octanol–water partition coefficient (Wildman–Crippen LogP) is 20.7. The number of phenolic OH excluding ortho intramolecular Hbond substituents is 1. The summed E-state index contributed by atoms with van der Waals surface area (Å²) in [7, 11) is 0.217. The number of phenols is 1. The Labute approximate surface area is 815 Å². The highest BCUT2D eigenvalue weighted by Gasteiger charge is 2.36. The molecular formula is C110H106B3BrF4N8O13. The Morgan fingerprint density at radius 2 is 0.633 bits per heavy atom. The zero-order valence-corrected chi connectivity index (χ0v) is 79.6. The fraction of sp³-hybridized carbons (Fsp3) is 0.182. The third-order valence-corrected chi connectivity index (χ3v) is 23.4. The van der Waals surface area contributed by atoms with Crippen LogP contribution in [-0.4, -0.2) is 90.1 Å². The first-order valence-corrected chi connectivity index (χ1v) is 46.0. The molecule has 0 spiro atoms. The van der Waals surface area contributed by atoms with Gasteiger partial charge in [0, 0.05) is 75.3 Å². The molecule has 0 unspecified atom stereocenters. The molecule has 0 radical (unpaired) electrons. The standard InChI is InChI=1S/C28H27FN2O3.C28H25FN2O2.C26H22BrFN2O2.C22H23FN2O3.C6H9B3O3/c1-20-23(16-18-32)28(33)31(17-15-21-9-4-2-5-10-21)27(30-20)24-13-8-14-25(29)26(24)34-19-22-11-6-3-7-12-22;1-3-23-20(2)30-27(31(28(23)32)18-17-21-11-6-4-7-12-21)24-15-10-16-25(29)26(24)33-19-22-13-8-5-9-14-22;1-18-23(27)26(31)30(16-15-19-9-4-2-5-10-19)25(29-18)21-13-8-14-22(28)24(21)32-17-20-11-6-3-7-12-20;1-15-17(12-14-28-2)22(27)25(13-11-16-7-4-3-5-8-16)21(24-15)18-9-6-10-19(23)20(18)26;1-4-7-10-8(5-2)12-9(6-3)11-7/h2-14,32H,15-19H2,1H3;3-16H,1,17-19H2,2H3;2-14H,15-17H2,1H3;3-10,26H,11-14H2,1-2H3;4-6H,1-3H2. The van der Waals surface area contributed by atoms with Crippen molar-refractivity contribution in [1.29, 1.82) is 0 Å². The van der Waals surface area contributed by atoms with Crippen molar-refractivity contribution >= 4 is 43.4 Å². The van der Waals surface area contributed by atoms with Gasteiger partial charge in [-0.05, 0) is 157 Å². The van der Waals surface area contributed by atoms with Crippen molar-refractivity contribution in [1.82, 2.24) is 38.2 Å². The van der Waals surface area contributed by atoms with Crippen LogP contribution < -0.4 is 36.4 Å². The molecule has 708 valence electrons. The summed E-state index contributed by atoms with van der Waals surface area (Å²) in [6.45, 7) is 23.8. The van der Waals surface area contributed by atoms with Crippen molar-refractivity contribution in [2.24, 2.45) is 0 Å². The highest BCUT2D eigenvalue weighted by atomic mass is 79.9. The lowest BCUT2D eigenvalue weighted by Crippen LogP contribution is -2.46. The molecule has 4 aromatic heterocycles. The van der Waals surface area contributed by atoms with Crippen molar-refractivity contribution < 1.29 is 60.4 Å². The van der Waals surface area contributed by atoms with E-state index >= 15 is 0 Å².